The first-order chi connectivity index (χ1) is 13.1. The van der Waals surface area contributed by atoms with Gasteiger partial charge in [0.15, 0.2) is 0 Å². The molecule has 0 radical (unpaired) electrons. The molecule has 0 saturated carbocycles. The molecule has 2 aromatic carbocycles. The van der Waals surface area contributed by atoms with Gasteiger partial charge in [0.1, 0.15) is 5.01 Å². The molecule has 0 fully saturated rings. The number of aromatic nitrogens is 2. The Hall–Kier alpha value is -2.02. The van der Waals surface area contributed by atoms with Gasteiger partial charge in [-0.2, -0.15) is 4.39 Å². The molecular weight excluding hydrogens is 455 g/mol. The van der Waals surface area contributed by atoms with Crippen LogP contribution < -0.4 is 0 Å². The number of hydrogen-bond donors (Lipinski definition) is 0. The summed E-state index contributed by atoms with van der Waals surface area (Å²) in [5, 5.41) is 0.923. The van der Waals surface area contributed by atoms with Crippen molar-refractivity contribution < 1.29 is 4.39 Å². The Morgan fingerprint density at radius 3 is 2.39 bits per heavy atom. The Morgan fingerprint density at radius 1 is 0.929 bits per heavy atom. The summed E-state index contributed by atoms with van der Waals surface area (Å²) in [4.78, 5) is 10.8. The van der Waals surface area contributed by atoms with Crippen molar-refractivity contribution >= 4 is 40.1 Å². The minimum Gasteiger partial charge on any atom is -0.235 e. The predicted molar refractivity (Wildman–Crippen MR) is 123 cm³/mol. The smallest absolute Gasteiger partial charge is 0.213 e. The summed E-state index contributed by atoms with van der Waals surface area (Å²) < 4.78 is 13.7. The zero-order valence-corrected chi connectivity index (χ0v) is 18.7. The van der Waals surface area contributed by atoms with Crippen molar-refractivity contribution in [1.82, 2.24) is 9.97 Å². The number of thiazole rings is 1. The number of pyridine rings is 1. The molecule has 142 valence electrons. The maximum atomic E-state index is 13.7. The van der Waals surface area contributed by atoms with Crippen molar-refractivity contribution in [1.29, 1.82) is 0 Å². The second-order valence-corrected chi connectivity index (χ2v) is 8.04. The van der Waals surface area contributed by atoms with E-state index in [4.69, 9.17) is 4.98 Å². The minimum absolute atomic E-state index is 0. The highest BCUT2D eigenvalue weighted by molar-refractivity contribution is 8.93. The lowest BCUT2D eigenvalue weighted by molar-refractivity contribution is 0.584. The number of hydrogen-bond acceptors (Lipinski definition) is 4. The highest BCUT2D eigenvalue weighted by Gasteiger charge is 2.17. The van der Waals surface area contributed by atoms with E-state index in [1.165, 1.54) is 22.7 Å². The molecule has 4 rings (SSSR count). The van der Waals surface area contributed by atoms with Crippen molar-refractivity contribution in [3.05, 3.63) is 78.4 Å². The van der Waals surface area contributed by atoms with E-state index in [9.17, 15) is 4.39 Å². The van der Waals surface area contributed by atoms with E-state index in [1.54, 1.807) is 23.1 Å². The first kappa shape index (κ1) is 20.7. The van der Waals surface area contributed by atoms with Crippen LogP contribution in [0.15, 0.2) is 71.8 Å². The number of nitrogens with zero attached hydrogens (tertiary/aromatic N) is 2. The summed E-state index contributed by atoms with van der Waals surface area (Å²) >= 11 is 3.29. The van der Waals surface area contributed by atoms with Gasteiger partial charge in [-0.15, -0.1) is 40.1 Å². The lowest BCUT2D eigenvalue weighted by atomic mass is 10.1. The fraction of sp³-hybridized carbons (Fsp3) is 0.0909. The summed E-state index contributed by atoms with van der Waals surface area (Å²) in [6.07, 6.45) is 3.56. The molecule has 28 heavy (non-hydrogen) atoms. The first-order valence-corrected chi connectivity index (χ1v) is 10.5. The Bertz CT molecular complexity index is 1030. The van der Waals surface area contributed by atoms with Crippen molar-refractivity contribution in [2.45, 2.75) is 11.8 Å². The zero-order valence-electron chi connectivity index (χ0n) is 15.3. The lowest BCUT2D eigenvalue weighted by Crippen LogP contribution is -1.86. The van der Waals surface area contributed by atoms with Gasteiger partial charge in [0.2, 0.25) is 5.95 Å². The SMILES string of the molecule is Br.CSc1ccc(-c2nc(-c3cccc(C)c3)c(-c3ccnc(F)c3)s2)cc1. The number of thioether (sulfide) groups is 1. The fourth-order valence-electron chi connectivity index (χ4n) is 2.90. The van der Waals surface area contributed by atoms with Crippen LogP contribution in [0.4, 0.5) is 4.39 Å². The average molecular weight is 473 g/mol. The van der Waals surface area contributed by atoms with Gasteiger partial charge in [0, 0.05) is 28.3 Å². The van der Waals surface area contributed by atoms with Crippen LogP contribution in [-0.2, 0) is 0 Å². The molecule has 0 spiro atoms. The Balaban J connectivity index is 0.00000225. The minimum atomic E-state index is -0.484. The monoisotopic (exact) mass is 472 g/mol. The van der Waals surface area contributed by atoms with Gasteiger partial charge < -0.3 is 0 Å². The first-order valence-electron chi connectivity index (χ1n) is 8.48. The van der Waals surface area contributed by atoms with Crippen LogP contribution in [0.3, 0.4) is 0 Å². The van der Waals surface area contributed by atoms with Crippen molar-refractivity contribution in [2.75, 3.05) is 6.26 Å². The Labute approximate surface area is 182 Å². The molecule has 2 aromatic heterocycles. The van der Waals surface area contributed by atoms with E-state index in [0.29, 0.717) is 0 Å². The number of rotatable bonds is 4. The summed E-state index contributed by atoms with van der Waals surface area (Å²) in [6, 6.07) is 19.9. The molecule has 0 N–H and O–H groups in total. The van der Waals surface area contributed by atoms with Crippen molar-refractivity contribution in [2.24, 2.45) is 0 Å². The topological polar surface area (TPSA) is 25.8 Å². The van der Waals surface area contributed by atoms with Crippen LogP contribution in [0.5, 0.6) is 0 Å². The van der Waals surface area contributed by atoms with Gasteiger partial charge in [-0.3, -0.25) is 0 Å². The lowest BCUT2D eigenvalue weighted by Gasteiger charge is -2.04. The highest BCUT2D eigenvalue weighted by atomic mass is 79.9. The van der Waals surface area contributed by atoms with Gasteiger partial charge in [0.05, 0.1) is 10.6 Å². The van der Waals surface area contributed by atoms with E-state index >= 15 is 0 Å². The molecule has 0 unspecified atom stereocenters. The van der Waals surface area contributed by atoms with Crippen molar-refractivity contribution in [3.8, 4) is 32.3 Å². The number of aryl methyl sites for hydroxylation is 1. The third kappa shape index (κ3) is 4.35. The maximum Gasteiger partial charge on any atom is 0.213 e. The third-order valence-electron chi connectivity index (χ3n) is 4.24. The van der Waals surface area contributed by atoms with Crippen molar-refractivity contribution in [3.63, 3.8) is 0 Å². The van der Waals surface area contributed by atoms with Crippen LogP contribution in [-0.4, -0.2) is 16.2 Å². The van der Waals surface area contributed by atoms with E-state index in [1.807, 2.05) is 18.2 Å². The molecule has 0 amide bonds. The summed E-state index contributed by atoms with van der Waals surface area (Å²) in [6.45, 7) is 2.06. The number of halogens is 2. The highest BCUT2D eigenvalue weighted by Crippen LogP contribution is 2.41. The molecule has 0 aliphatic carbocycles. The molecule has 0 saturated heterocycles. The van der Waals surface area contributed by atoms with E-state index in [2.05, 4.69) is 54.6 Å². The second kappa shape index (κ2) is 8.99. The molecular formula is C22H18BrFN2S2. The second-order valence-electron chi connectivity index (χ2n) is 6.16. The molecule has 6 heteroatoms. The molecule has 2 nitrogen and oxygen atoms in total. The molecule has 0 atom stereocenters. The molecule has 0 aliphatic heterocycles. The van der Waals surface area contributed by atoms with Crippen LogP contribution in [0.25, 0.3) is 32.3 Å². The molecule has 0 bridgehead atoms. The molecule has 0 aliphatic rings. The van der Waals surface area contributed by atoms with Gasteiger partial charge in [-0.05, 0) is 43.0 Å². The Morgan fingerprint density at radius 2 is 1.71 bits per heavy atom. The molecule has 2 heterocycles. The third-order valence-corrected chi connectivity index (χ3v) is 6.14. The zero-order chi connectivity index (χ0) is 18.8. The maximum absolute atomic E-state index is 13.7. The van der Waals surface area contributed by atoms with E-state index in [0.717, 1.165) is 32.3 Å². The standard InChI is InChI=1S/C22H17FN2S2.BrH/c1-14-4-3-5-16(12-14)20-21(17-10-11-24-19(23)13-17)27-22(25-20)15-6-8-18(26-2)9-7-15;/h3-13H,1-2H3;1H. The van der Waals surface area contributed by atoms with Crippen LogP contribution in [0.1, 0.15) is 5.56 Å². The van der Waals surface area contributed by atoms with Gasteiger partial charge in [0.25, 0.3) is 0 Å². The van der Waals surface area contributed by atoms with Crippen LogP contribution >= 0.6 is 40.1 Å². The van der Waals surface area contributed by atoms with Gasteiger partial charge >= 0.3 is 0 Å². The normalized spacial score (nSPS) is 10.5. The average Bonchev–Trinajstić information content (AvgIpc) is 3.14. The quantitative estimate of drug-likeness (QED) is 0.230. The van der Waals surface area contributed by atoms with E-state index in [-0.39, 0.29) is 17.0 Å². The number of benzene rings is 2. The largest absolute Gasteiger partial charge is 0.235 e. The van der Waals surface area contributed by atoms with Crippen LogP contribution in [0, 0.1) is 12.9 Å². The predicted octanol–water partition coefficient (Wildman–Crippen LogP) is 7.29. The van der Waals surface area contributed by atoms with Gasteiger partial charge in [-0.25, -0.2) is 9.97 Å². The fourth-order valence-corrected chi connectivity index (χ4v) is 4.40. The van der Waals surface area contributed by atoms with Gasteiger partial charge in [-0.1, -0.05) is 35.9 Å². The Kier molecular flexibility index (Phi) is 6.65. The van der Waals surface area contributed by atoms with E-state index < -0.39 is 5.95 Å². The summed E-state index contributed by atoms with van der Waals surface area (Å²) in [7, 11) is 0. The summed E-state index contributed by atoms with van der Waals surface area (Å²) in [5.41, 5.74) is 4.93. The van der Waals surface area contributed by atoms with Crippen LogP contribution in [0.2, 0.25) is 0 Å². The molecule has 4 aromatic rings. The summed E-state index contributed by atoms with van der Waals surface area (Å²) in [5.74, 6) is -0.484.